The Morgan fingerprint density at radius 3 is 2.72 bits per heavy atom. The molecule has 1 saturated heterocycles. The number of fused-ring (bicyclic) bond motifs is 2. The molecule has 3 atom stereocenters. The Labute approximate surface area is 108 Å². The molecule has 1 aromatic rings. The number of likely N-dealkylation sites (tertiary alicyclic amines) is 1. The van der Waals surface area contributed by atoms with E-state index < -0.39 is 0 Å². The fourth-order valence-corrected chi connectivity index (χ4v) is 3.43. The molecule has 0 radical (unpaired) electrons. The molecule has 1 aliphatic carbocycles. The van der Waals surface area contributed by atoms with Crippen LogP contribution < -0.4 is 5.32 Å². The summed E-state index contributed by atoms with van der Waals surface area (Å²) < 4.78 is 0. The summed E-state index contributed by atoms with van der Waals surface area (Å²) in [5, 5.41) is 3.65. The van der Waals surface area contributed by atoms with Gasteiger partial charge in [-0.2, -0.15) is 0 Å². The number of piperidine rings is 1. The van der Waals surface area contributed by atoms with E-state index in [1.54, 1.807) is 6.92 Å². The molecule has 0 aromatic heterocycles. The van der Waals surface area contributed by atoms with E-state index in [1.165, 1.54) is 12.0 Å². The number of nitrogens with zero attached hydrogens (tertiary/aromatic N) is 1. The Kier molecular flexibility index (Phi) is 3.08. The highest BCUT2D eigenvalue weighted by atomic mass is 16.2. The Hall–Kier alpha value is -1.35. The maximum atomic E-state index is 11.4. The third-order valence-electron chi connectivity index (χ3n) is 4.36. The summed E-state index contributed by atoms with van der Waals surface area (Å²) in [5.74, 6) is 0.895. The molecular formula is C15H20N2O. The van der Waals surface area contributed by atoms with Crippen LogP contribution in [0.1, 0.15) is 25.3 Å². The van der Waals surface area contributed by atoms with Crippen molar-refractivity contribution >= 4 is 5.91 Å². The van der Waals surface area contributed by atoms with Gasteiger partial charge >= 0.3 is 0 Å². The predicted molar refractivity (Wildman–Crippen MR) is 71.0 cm³/mol. The minimum Gasteiger partial charge on any atom is -0.340 e. The van der Waals surface area contributed by atoms with Crippen molar-refractivity contribution in [3.63, 3.8) is 0 Å². The first-order valence-electron chi connectivity index (χ1n) is 6.78. The molecule has 2 fully saturated rings. The molecule has 1 amide bonds. The summed E-state index contributed by atoms with van der Waals surface area (Å²) in [6.45, 7) is 3.58. The van der Waals surface area contributed by atoms with Crippen LogP contribution in [0.5, 0.6) is 0 Å². The van der Waals surface area contributed by atoms with Gasteiger partial charge in [0.05, 0.1) is 0 Å². The third kappa shape index (κ3) is 2.15. The van der Waals surface area contributed by atoms with Gasteiger partial charge in [0.25, 0.3) is 0 Å². The zero-order chi connectivity index (χ0) is 12.5. The van der Waals surface area contributed by atoms with E-state index in [0.717, 1.165) is 19.5 Å². The molecular weight excluding hydrogens is 224 g/mol. The highest BCUT2D eigenvalue weighted by Crippen LogP contribution is 2.37. The van der Waals surface area contributed by atoms with Crippen molar-refractivity contribution in [1.29, 1.82) is 0 Å². The molecule has 2 bridgehead atoms. The number of hydrogen-bond acceptors (Lipinski definition) is 2. The van der Waals surface area contributed by atoms with Gasteiger partial charge in [0.15, 0.2) is 0 Å². The molecule has 96 valence electrons. The zero-order valence-corrected chi connectivity index (χ0v) is 10.8. The minimum atomic E-state index is 0.240. The fraction of sp³-hybridized carbons (Fsp3) is 0.533. The molecule has 2 aliphatic rings. The maximum absolute atomic E-state index is 11.4. The zero-order valence-electron chi connectivity index (χ0n) is 10.8. The van der Waals surface area contributed by atoms with Crippen LogP contribution in [-0.2, 0) is 11.3 Å². The topological polar surface area (TPSA) is 32.3 Å². The molecule has 1 heterocycles. The van der Waals surface area contributed by atoms with Gasteiger partial charge in [-0.05, 0) is 24.3 Å². The van der Waals surface area contributed by atoms with E-state index in [9.17, 15) is 4.79 Å². The predicted octanol–water partition coefficient (Wildman–Crippen LogP) is 1.79. The van der Waals surface area contributed by atoms with E-state index in [4.69, 9.17) is 0 Å². The van der Waals surface area contributed by atoms with Gasteiger partial charge < -0.3 is 10.2 Å². The molecule has 0 spiro atoms. The van der Waals surface area contributed by atoms with Gasteiger partial charge in [-0.3, -0.25) is 4.79 Å². The number of carbonyl (C=O) groups excluding carboxylic acids is 1. The van der Waals surface area contributed by atoms with Gasteiger partial charge in [-0.1, -0.05) is 30.3 Å². The Morgan fingerprint density at radius 1 is 1.33 bits per heavy atom. The molecule has 3 nitrogen and oxygen atoms in total. The van der Waals surface area contributed by atoms with Gasteiger partial charge in [-0.25, -0.2) is 0 Å². The van der Waals surface area contributed by atoms with Gasteiger partial charge in [0, 0.05) is 32.1 Å². The Balaban J connectivity index is 1.54. The fourth-order valence-electron chi connectivity index (χ4n) is 3.43. The van der Waals surface area contributed by atoms with Crippen molar-refractivity contribution < 1.29 is 4.79 Å². The number of rotatable bonds is 3. The van der Waals surface area contributed by atoms with Gasteiger partial charge in [0.1, 0.15) is 0 Å². The van der Waals surface area contributed by atoms with E-state index in [0.29, 0.717) is 18.0 Å². The second kappa shape index (κ2) is 4.73. The lowest BCUT2D eigenvalue weighted by Crippen LogP contribution is -2.45. The first-order valence-corrected chi connectivity index (χ1v) is 6.78. The van der Waals surface area contributed by atoms with Crippen molar-refractivity contribution in [1.82, 2.24) is 10.2 Å². The van der Waals surface area contributed by atoms with Gasteiger partial charge in [-0.15, -0.1) is 0 Å². The number of benzene rings is 1. The summed E-state index contributed by atoms with van der Waals surface area (Å²) in [6.07, 6.45) is 2.31. The summed E-state index contributed by atoms with van der Waals surface area (Å²) in [6, 6.07) is 11.6. The van der Waals surface area contributed by atoms with Crippen molar-refractivity contribution in [2.45, 2.75) is 38.4 Å². The molecule has 3 heteroatoms. The molecule has 3 rings (SSSR count). The summed E-state index contributed by atoms with van der Waals surface area (Å²) in [4.78, 5) is 13.5. The highest BCUT2D eigenvalue weighted by molar-refractivity contribution is 5.74. The minimum absolute atomic E-state index is 0.240. The Morgan fingerprint density at radius 2 is 2.11 bits per heavy atom. The van der Waals surface area contributed by atoms with Crippen LogP contribution in [0.3, 0.4) is 0 Å². The third-order valence-corrected chi connectivity index (χ3v) is 4.36. The maximum Gasteiger partial charge on any atom is 0.219 e. The number of amides is 1. The largest absolute Gasteiger partial charge is 0.340 e. The summed E-state index contributed by atoms with van der Waals surface area (Å²) in [5.41, 5.74) is 1.34. The lowest BCUT2D eigenvalue weighted by Gasteiger charge is -2.31. The summed E-state index contributed by atoms with van der Waals surface area (Å²) in [7, 11) is 0. The van der Waals surface area contributed by atoms with Crippen molar-refractivity contribution in [3.8, 4) is 0 Å². The van der Waals surface area contributed by atoms with Crippen LogP contribution in [0.2, 0.25) is 0 Å². The SMILES string of the molecule is CC(=O)N1CC2CC1CC2NCc1ccccc1. The van der Waals surface area contributed by atoms with Crippen LogP contribution in [-0.4, -0.2) is 29.4 Å². The monoisotopic (exact) mass is 244 g/mol. The van der Waals surface area contributed by atoms with Crippen molar-refractivity contribution in [3.05, 3.63) is 35.9 Å². The number of nitrogens with one attached hydrogen (secondary N) is 1. The molecule has 3 unspecified atom stereocenters. The van der Waals surface area contributed by atoms with Crippen molar-refractivity contribution in [2.75, 3.05) is 6.54 Å². The highest BCUT2D eigenvalue weighted by Gasteiger charge is 2.45. The second-order valence-corrected chi connectivity index (χ2v) is 5.53. The van der Waals surface area contributed by atoms with Crippen LogP contribution >= 0.6 is 0 Å². The van der Waals surface area contributed by atoms with Crippen LogP contribution in [0.4, 0.5) is 0 Å². The standard InChI is InChI=1S/C15H20N2O/c1-11(18)17-10-13-7-14(17)8-15(13)16-9-12-5-3-2-4-6-12/h2-6,13-16H,7-10H2,1H3. The average molecular weight is 244 g/mol. The van der Waals surface area contributed by atoms with E-state index in [1.807, 2.05) is 11.0 Å². The normalized spacial score (nSPS) is 29.8. The van der Waals surface area contributed by atoms with Crippen LogP contribution in [0, 0.1) is 5.92 Å². The van der Waals surface area contributed by atoms with E-state index >= 15 is 0 Å². The lowest BCUT2D eigenvalue weighted by atomic mass is 10.0. The molecule has 18 heavy (non-hydrogen) atoms. The van der Waals surface area contributed by atoms with Crippen LogP contribution in [0.25, 0.3) is 0 Å². The smallest absolute Gasteiger partial charge is 0.219 e. The second-order valence-electron chi connectivity index (χ2n) is 5.53. The molecule has 1 saturated carbocycles. The van der Waals surface area contributed by atoms with Crippen LogP contribution in [0.15, 0.2) is 30.3 Å². The first-order chi connectivity index (χ1) is 8.74. The number of carbonyl (C=O) groups is 1. The van der Waals surface area contributed by atoms with Crippen molar-refractivity contribution in [2.24, 2.45) is 5.92 Å². The Bertz CT molecular complexity index is 431. The molecule has 1 N–H and O–H groups in total. The van der Waals surface area contributed by atoms with Gasteiger partial charge in [0.2, 0.25) is 5.91 Å². The van der Waals surface area contributed by atoms with E-state index in [-0.39, 0.29) is 5.91 Å². The first kappa shape index (κ1) is 11.7. The summed E-state index contributed by atoms with van der Waals surface area (Å²) >= 11 is 0. The molecule has 1 aromatic carbocycles. The average Bonchev–Trinajstić information content (AvgIpc) is 2.97. The number of hydrogen-bond donors (Lipinski definition) is 1. The lowest BCUT2D eigenvalue weighted by molar-refractivity contribution is -0.130. The quantitative estimate of drug-likeness (QED) is 0.879. The molecule has 1 aliphatic heterocycles. The van der Waals surface area contributed by atoms with E-state index in [2.05, 4.69) is 29.6 Å².